The van der Waals surface area contributed by atoms with Crippen LogP contribution in [0, 0.1) is 0 Å². The maximum Gasteiger partial charge on any atom is 0.161 e. The summed E-state index contributed by atoms with van der Waals surface area (Å²) in [5, 5.41) is 0. The highest BCUT2D eigenvalue weighted by Gasteiger charge is 2.28. The summed E-state index contributed by atoms with van der Waals surface area (Å²) in [7, 11) is 3.44. The van der Waals surface area contributed by atoms with Crippen LogP contribution in [0.1, 0.15) is 42.4 Å². The average molecular weight is 409 g/mol. The van der Waals surface area contributed by atoms with Gasteiger partial charge in [0.2, 0.25) is 0 Å². The maximum absolute atomic E-state index is 5.54. The summed E-state index contributed by atoms with van der Waals surface area (Å²) < 4.78 is 11.0. The van der Waals surface area contributed by atoms with Crippen molar-refractivity contribution in [3.8, 4) is 11.5 Å². The summed E-state index contributed by atoms with van der Waals surface area (Å²) in [4.78, 5) is 5.40. The molecule has 0 saturated carbocycles. The van der Waals surface area contributed by atoms with E-state index in [-0.39, 0.29) is 0 Å². The maximum atomic E-state index is 5.54. The van der Waals surface area contributed by atoms with Gasteiger partial charge in [0.05, 0.1) is 14.2 Å². The van der Waals surface area contributed by atoms with Gasteiger partial charge in [-0.25, -0.2) is 0 Å². The number of piperidine rings is 1. The van der Waals surface area contributed by atoms with Crippen LogP contribution < -0.4 is 9.47 Å². The Morgan fingerprint density at radius 1 is 0.933 bits per heavy atom. The number of ether oxygens (including phenoxy) is 2. The highest BCUT2D eigenvalue weighted by atomic mass is 16.5. The van der Waals surface area contributed by atoms with Crippen molar-refractivity contribution < 1.29 is 9.47 Å². The predicted octanol–water partition coefficient (Wildman–Crippen LogP) is 4.55. The molecule has 1 atom stereocenters. The van der Waals surface area contributed by atoms with E-state index in [1.807, 2.05) is 0 Å². The van der Waals surface area contributed by atoms with E-state index in [1.54, 1.807) is 14.2 Å². The highest BCUT2D eigenvalue weighted by molar-refractivity contribution is 5.48. The van der Waals surface area contributed by atoms with E-state index in [1.165, 1.54) is 68.4 Å². The van der Waals surface area contributed by atoms with Crippen molar-refractivity contribution in [3.05, 3.63) is 59.2 Å². The molecule has 2 aliphatic rings. The van der Waals surface area contributed by atoms with Crippen molar-refractivity contribution in [1.29, 1.82) is 0 Å². The third kappa shape index (κ3) is 5.16. The molecule has 0 radical (unpaired) electrons. The van der Waals surface area contributed by atoms with Crippen LogP contribution >= 0.6 is 0 Å². The van der Waals surface area contributed by atoms with Crippen LogP contribution in [-0.2, 0) is 19.4 Å². The lowest BCUT2D eigenvalue weighted by Crippen LogP contribution is -2.49. The molecule has 2 aromatic carbocycles. The molecule has 0 aliphatic carbocycles. The van der Waals surface area contributed by atoms with Gasteiger partial charge in [-0.05, 0) is 80.4 Å². The first-order valence-corrected chi connectivity index (χ1v) is 11.5. The SMILES string of the molecule is COc1cc2c(cc1OC)CN([C@H]1CCCN(CCCCc3ccccc3)C1)CC2. The molecule has 0 amide bonds. The van der Waals surface area contributed by atoms with Crippen molar-refractivity contribution >= 4 is 0 Å². The number of nitrogens with zero attached hydrogens (tertiary/aromatic N) is 2. The standard InChI is InChI=1S/C26H36N2O2/c1-29-25-17-22-13-16-28(19-23(22)18-26(25)30-2)24-12-8-15-27(20-24)14-7-6-11-21-9-4-3-5-10-21/h3-5,9-10,17-18,24H,6-8,11-16,19-20H2,1-2H3/t24-/m0/s1. The molecule has 2 aliphatic heterocycles. The molecule has 30 heavy (non-hydrogen) atoms. The Labute approximate surface area is 181 Å². The first-order chi connectivity index (χ1) is 14.8. The van der Waals surface area contributed by atoms with Gasteiger partial charge in [0.1, 0.15) is 0 Å². The van der Waals surface area contributed by atoms with Crippen molar-refractivity contribution in [2.24, 2.45) is 0 Å². The van der Waals surface area contributed by atoms with Crippen molar-refractivity contribution in [2.75, 3.05) is 40.4 Å². The zero-order valence-electron chi connectivity index (χ0n) is 18.6. The Bertz CT molecular complexity index is 808. The first-order valence-electron chi connectivity index (χ1n) is 11.5. The molecular weight excluding hydrogens is 372 g/mol. The molecule has 4 nitrogen and oxygen atoms in total. The Morgan fingerprint density at radius 3 is 2.47 bits per heavy atom. The predicted molar refractivity (Wildman–Crippen MR) is 123 cm³/mol. The van der Waals surface area contributed by atoms with Crippen LogP contribution in [0.25, 0.3) is 0 Å². The summed E-state index contributed by atoms with van der Waals surface area (Å²) in [6.07, 6.45) is 7.52. The number of unbranched alkanes of at least 4 members (excludes halogenated alkanes) is 1. The van der Waals surface area contributed by atoms with Gasteiger partial charge >= 0.3 is 0 Å². The number of likely N-dealkylation sites (tertiary alicyclic amines) is 1. The lowest BCUT2D eigenvalue weighted by molar-refractivity contribution is 0.0866. The number of rotatable bonds is 8. The number of hydrogen-bond donors (Lipinski definition) is 0. The summed E-state index contributed by atoms with van der Waals surface area (Å²) in [6.45, 7) is 5.89. The molecule has 1 saturated heterocycles. The van der Waals surface area contributed by atoms with E-state index in [4.69, 9.17) is 9.47 Å². The van der Waals surface area contributed by atoms with Crippen molar-refractivity contribution in [1.82, 2.24) is 9.80 Å². The van der Waals surface area contributed by atoms with Gasteiger partial charge in [-0.2, -0.15) is 0 Å². The van der Waals surface area contributed by atoms with E-state index in [2.05, 4.69) is 52.3 Å². The molecule has 0 spiro atoms. The first kappa shape index (κ1) is 21.2. The van der Waals surface area contributed by atoms with Crippen molar-refractivity contribution in [2.45, 2.75) is 51.1 Å². The molecule has 0 aromatic heterocycles. The van der Waals surface area contributed by atoms with Gasteiger partial charge in [-0.3, -0.25) is 4.90 Å². The second-order valence-corrected chi connectivity index (χ2v) is 8.74. The smallest absolute Gasteiger partial charge is 0.161 e. The molecular formula is C26H36N2O2. The number of benzene rings is 2. The topological polar surface area (TPSA) is 24.9 Å². The van der Waals surface area contributed by atoms with E-state index in [9.17, 15) is 0 Å². The van der Waals surface area contributed by atoms with E-state index >= 15 is 0 Å². The van der Waals surface area contributed by atoms with Crippen molar-refractivity contribution in [3.63, 3.8) is 0 Å². The third-order valence-electron chi connectivity index (χ3n) is 6.78. The summed E-state index contributed by atoms with van der Waals surface area (Å²) in [6, 6.07) is 15.9. The van der Waals surface area contributed by atoms with Gasteiger partial charge in [0.15, 0.2) is 11.5 Å². The van der Waals surface area contributed by atoms with Gasteiger partial charge in [0, 0.05) is 25.7 Å². The van der Waals surface area contributed by atoms with Crippen LogP contribution in [0.5, 0.6) is 11.5 Å². The second-order valence-electron chi connectivity index (χ2n) is 8.74. The highest BCUT2D eigenvalue weighted by Crippen LogP contribution is 2.34. The van der Waals surface area contributed by atoms with Gasteiger partial charge < -0.3 is 14.4 Å². The number of methoxy groups -OCH3 is 2. The van der Waals surface area contributed by atoms with Crippen LogP contribution in [0.4, 0.5) is 0 Å². The van der Waals surface area contributed by atoms with E-state index in [0.717, 1.165) is 31.0 Å². The molecule has 0 N–H and O–H groups in total. The van der Waals surface area contributed by atoms with Crippen LogP contribution in [-0.4, -0.2) is 56.2 Å². The van der Waals surface area contributed by atoms with Gasteiger partial charge in [-0.15, -0.1) is 0 Å². The van der Waals surface area contributed by atoms with Crippen LogP contribution in [0.15, 0.2) is 42.5 Å². The molecule has 2 heterocycles. The van der Waals surface area contributed by atoms with Crippen LogP contribution in [0.2, 0.25) is 0 Å². The number of fused-ring (bicyclic) bond motifs is 1. The largest absolute Gasteiger partial charge is 0.493 e. The summed E-state index contributed by atoms with van der Waals surface area (Å²) >= 11 is 0. The Hall–Kier alpha value is -2.04. The van der Waals surface area contributed by atoms with Crippen LogP contribution in [0.3, 0.4) is 0 Å². The molecule has 2 aromatic rings. The fraction of sp³-hybridized carbons (Fsp3) is 0.538. The van der Waals surface area contributed by atoms with Gasteiger partial charge in [0.25, 0.3) is 0 Å². The minimum absolute atomic E-state index is 0.675. The minimum Gasteiger partial charge on any atom is -0.493 e. The normalized spacial score (nSPS) is 20.0. The fourth-order valence-electron chi connectivity index (χ4n) is 5.06. The average Bonchev–Trinajstić information content (AvgIpc) is 2.81. The Morgan fingerprint density at radius 2 is 1.70 bits per heavy atom. The molecule has 162 valence electrons. The monoisotopic (exact) mass is 408 g/mol. The van der Waals surface area contributed by atoms with Gasteiger partial charge in [-0.1, -0.05) is 30.3 Å². The minimum atomic E-state index is 0.675. The lowest BCUT2D eigenvalue weighted by atomic mass is 9.95. The van der Waals surface area contributed by atoms with E-state index < -0.39 is 0 Å². The number of hydrogen-bond acceptors (Lipinski definition) is 4. The molecule has 0 bridgehead atoms. The summed E-state index contributed by atoms with van der Waals surface area (Å²) in [5.74, 6) is 1.70. The Kier molecular flexibility index (Phi) is 7.29. The molecule has 0 unspecified atom stereocenters. The van der Waals surface area contributed by atoms with E-state index in [0.29, 0.717) is 6.04 Å². The fourth-order valence-corrected chi connectivity index (χ4v) is 5.06. The summed E-state index contributed by atoms with van der Waals surface area (Å²) in [5.41, 5.74) is 4.28. The third-order valence-corrected chi connectivity index (χ3v) is 6.78. The zero-order chi connectivity index (χ0) is 20.8. The quantitative estimate of drug-likeness (QED) is 0.598. The molecule has 4 heteroatoms. The lowest BCUT2D eigenvalue weighted by Gasteiger charge is -2.41. The molecule has 1 fully saturated rings. The second kappa shape index (κ2) is 10.3. The zero-order valence-corrected chi connectivity index (χ0v) is 18.6. The Balaban J connectivity index is 1.28. The molecule has 4 rings (SSSR count). The number of aryl methyl sites for hydroxylation is 1.